The van der Waals surface area contributed by atoms with Crippen molar-refractivity contribution in [3.63, 3.8) is 0 Å². The van der Waals surface area contributed by atoms with Crippen LogP contribution in [0.25, 0.3) is 0 Å². The van der Waals surface area contributed by atoms with Crippen LogP contribution < -0.4 is 0 Å². The lowest BCUT2D eigenvalue weighted by atomic mass is 9.65. The van der Waals surface area contributed by atoms with Gasteiger partial charge in [-0.25, -0.2) is 0 Å². The van der Waals surface area contributed by atoms with E-state index in [1.54, 1.807) is 0 Å². The second-order valence-electron chi connectivity index (χ2n) is 9.72. The Morgan fingerprint density at radius 1 is 0.667 bits per heavy atom. The zero-order valence-corrected chi connectivity index (χ0v) is 17.3. The number of nitriles is 1. The van der Waals surface area contributed by atoms with E-state index in [1.807, 2.05) is 6.08 Å². The first-order chi connectivity index (χ1) is 13.3. The number of hydrogen-bond acceptors (Lipinski definition) is 1. The van der Waals surface area contributed by atoms with Gasteiger partial charge in [0, 0.05) is 5.92 Å². The van der Waals surface area contributed by atoms with E-state index in [-0.39, 0.29) is 6.67 Å². The third-order valence-electron chi connectivity index (χ3n) is 8.18. The van der Waals surface area contributed by atoms with Gasteiger partial charge < -0.3 is 0 Å². The van der Waals surface area contributed by atoms with E-state index in [1.165, 1.54) is 70.6 Å². The maximum atomic E-state index is 12.1. The van der Waals surface area contributed by atoms with Gasteiger partial charge in [-0.1, -0.05) is 25.0 Å². The maximum Gasteiger partial charge on any atom is 0.0928 e. The summed E-state index contributed by atoms with van der Waals surface area (Å²) in [6, 6.07) is 2.48. The van der Waals surface area contributed by atoms with Crippen LogP contribution in [0.5, 0.6) is 0 Å². The van der Waals surface area contributed by atoms with Gasteiger partial charge in [-0.15, -0.1) is 0 Å². The molecule has 152 valence electrons. The molecule has 0 aromatic carbocycles. The molecule has 0 saturated heterocycles. The quantitative estimate of drug-likeness (QED) is 0.421. The molecular formula is C25H40FN. The summed E-state index contributed by atoms with van der Waals surface area (Å²) in [7, 11) is 0. The Bertz CT molecular complexity index is 469. The Morgan fingerprint density at radius 2 is 1.11 bits per heavy atom. The van der Waals surface area contributed by atoms with E-state index in [2.05, 4.69) is 12.1 Å². The summed E-state index contributed by atoms with van der Waals surface area (Å²) in [5.41, 5.74) is 0. The molecular weight excluding hydrogens is 333 g/mol. The lowest BCUT2D eigenvalue weighted by molar-refractivity contribution is 0.108. The fourth-order valence-electron chi connectivity index (χ4n) is 6.39. The zero-order valence-electron chi connectivity index (χ0n) is 17.3. The van der Waals surface area contributed by atoms with Gasteiger partial charge >= 0.3 is 0 Å². The molecule has 3 aliphatic carbocycles. The second kappa shape index (κ2) is 11.2. The summed E-state index contributed by atoms with van der Waals surface area (Å²) in [4.78, 5) is 0. The third kappa shape index (κ3) is 6.33. The van der Waals surface area contributed by atoms with Crippen LogP contribution in [-0.4, -0.2) is 6.67 Å². The minimum absolute atomic E-state index is 0.217. The smallest absolute Gasteiger partial charge is 0.0928 e. The van der Waals surface area contributed by atoms with Crippen molar-refractivity contribution in [2.24, 2.45) is 35.5 Å². The molecule has 0 aromatic heterocycles. The van der Waals surface area contributed by atoms with Crippen molar-refractivity contribution in [2.45, 2.75) is 96.3 Å². The highest BCUT2D eigenvalue weighted by atomic mass is 19.1. The first kappa shape index (κ1) is 20.9. The molecule has 3 aliphatic rings. The Hall–Kier alpha value is -0.840. The average molecular weight is 374 g/mol. The lowest BCUT2D eigenvalue weighted by Gasteiger charge is -2.41. The Kier molecular flexibility index (Phi) is 8.69. The highest BCUT2D eigenvalue weighted by Gasteiger charge is 2.34. The Morgan fingerprint density at radius 3 is 1.59 bits per heavy atom. The minimum Gasteiger partial charge on any atom is -0.251 e. The fourth-order valence-corrected chi connectivity index (χ4v) is 6.39. The van der Waals surface area contributed by atoms with Crippen molar-refractivity contribution in [3.8, 4) is 6.07 Å². The summed E-state index contributed by atoms with van der Waals surface area (Å²) in [6.45, 7) is -0.217. The van der Waals surface area contributed by atoms with Crippen molar-refractivity contribution in [1.82, 2.24) is 0 Å². The van der Waals surface area contributed by atoms with Crippen molar-refractivity contribution in [1.29, 1.82) is 5.26 Å². The summed E-state index contributed by atoms with van der Waals surface area (Å²) >= 11 is 0. The number of alkyl halides is 1. The van der Waals surface area contributed by atoms with E-state index in [0.29, 0.717) is 12.3 Å². The van der Waals surface area contributed by atoms with Crippen LogP contribution in [0.4, 0.5) is 4.39 Å². The number of rotatable bonds is 7. The monoisotopic (exact) mass is 373 g/mol. The molecule has 0 spiro atoms. The lowest BCUT2D eigenvalue weighted by Crippen LogP contribution is -2.29. The Balaban J connectivity index is 1.31. The minimum atomic E-state index is -0.217. The molecule has 0 amide bonds. The molecule has 27 heavy (non-hydrogen) atoms. The molecule has 0 aromatic rings. The molecule has 0 bridgehead atoms. The van der Waals surface area contributed by atoms with Crippen LogP contribution >= 0.6 is 0 Å². The molecule has 0 atom stereocenters. The molecule has 0 N–H and O–H groups in total. The highest BCUT2D eigenvalue weighted by Crippen LogP contribution is 2.46. The molecule has 0 heterocycles. The van der Waals surface area contributed by atoms with Gasteiger partial charge in [0.1, 0.15) is 0 Å². The van der Waals surface area contributed by atoms with Crippen molar-refractivity contribution in [2.75, 3.05) is 6.67 Å². The Labute approximate surface area is 166 Å². The van der Waals surface area contributed by atoms with Gasteiger partial charge in [0.25, 0.3) is 0 Å². The van der Waals surface area contributed by atoms with Crippen LogP contribution in [-0.2, 0) is 0 Å². The summed E-state index contributed by atoms with van der Waals surface area (Å²) in [5.74, 6) is 5.17. The summed E-state index contributed by atoms with van der Waals surface area (Å²) in [6.07, 6.45) is 23.9. The zero-order chi connectivity index (χ0) is 18.9. The van der Waals surface area contributed by atoms with Crippen molar-refractivity contribution >= 4 is 0 Å². The third-order valence-corrected chi connectivity index (χ3v) is 8.18. The van der Waals surface area contributed by atoms with Gasteiger partial charge in [-0.3, -0.25) is 4.39 Å². The van der Waals surface area contributed by atoms with E-state index in [0.717, 1.165) is 48.9 Å². The normalized spacial score (nSPS) is 37.9. The average Bonchev–Trinajstić information content (AvgIpc) is 2.74. The molecule has 1 nitrogen and oxygen atoms in total. The van der Waals surface area contributed by atoms with Gasteiger partial charge in [0.2, 0.25) is 0 Å². The summed E-state index contributed by atoms with van der Waals surface area (Å²) in [5, 5.41) is 9.10. The van der Waals surface area contributed by atoms with E-state index < -0.39 is 0 Å². The van der Waals surface area contributed by atoms with E-state index >= 15 is 0 Å². The molecule has 2 heteroatoms. The first-order valence-electron chi connectivity index (χ1n) is 11.9. The van der Waals surface area contributed by atoms with E-state index in [9.17, 15) is 4.39 Å². The first-order valence-corrected chi connectivity index (χ1v) is 11.9. The number of hydrogen-bond donors (Lipinski definition) is 0. The number of allylic oxidation sites excluding steroid dienone is 2. The van der Waals surface area contributed by atoms with Gasteiger partial charge in [0.05, 0.1) is 12.7 Å². The van der Waals surface area contributed by atoms with Crippen molar-refractivity contribution < 1.29 is 4.39 Å². The van der Waals surface area contributed by atoms with E-state index in [4.69, 9.17) is 5.26 Å². The van der Waals surface area contributed by atoms with Gasteiger partial charge in [-0.05, 0) is 113 Å². The standard InChI is InChI=1S/C25H40FN/c26-18-4-2-1-3-5-20-6-10-22(11-7-20)24-14-16-25(17-15-24)23-12-8-21(19-27)9-13-23/h1-2,20-25H,3-18H2/b2-1+. The predicted molar refractivity (Wildman–Crippen MR) is 111 cm³/mol. The van der Waals surface area contributed by atoms with Crippen LogP contribution in [0.1, 0.15) is 96.3 Å². The molecule has 0 aliphatic heterocycles. The molecule has 3 saturated carbocycles. The highest BCUT2D eigenvalue weighted by molar-refractivity contribution is 4.91. The summed E-state index contributed by atoms with van der Waals surface area (Å²) < 4.78 is 12.1. The topological polar surface area (TPSA) is 23.8 Å². The second-order valence-corrected chi connectivity index (χ2v) is 9.72. The van der Waals surface area contributed by atoms with Crippen LogP contribution in [0.2, 0.25) is 0 Å². The molecule has 0 unspecified atom stereocenters. The maximum absolute atomic E-state index is 12.1. The van der Waals surface area contributed by atoms with Gasteiger partial charge in [0.15, 0.2) is 0 Å². The van der Waals surface area contributed by atoms with Crippen LogP contribution in [0, 0.1) is 46.8 Å². The molecule has 0 radical (unpaired) electrons. The van der Waals surface area contributed by atoms with Gasteiger partial charge in [-0.2, -0.15) is 5.26 Å². The SMILES string of the molecule is N#CC1CCC(C2CCC(C3CCC(CC/C=C/CCF)CC3)CC2)CC1. The largest absolute Gasteiger partial charge is 0.251 e. The molecule has 3 rings (SSSR count). The van der Waals surface area contributed by atoms with Crippen LogP contribution in [0.15, 0.2) is 12.2 Å². The number of halogens is 1. The van der Waals surface area contributed by atoms with Crippen LogP contribution in [0.3, 0.4) is 0 Å². The van der Waals surface area contributed by atoms with Crippen molar-refractivity contribution in [3.05, 3.63) is 12.2 Å². The molecule has 3 fully saturated rings. The fraction of sp³-hybridized carbons (Fsp3) is 0.880. The number of nitrogens with zero attached hydrogens (tertiary/aromatic N) is 1. The predicted octanol–water partition coefficient (Wildman–Crippen LogP) is 7.63.